The molecule has 0 spiro atoms. The summed E-state index contributed by atoms with van der Waals surface area (Å²) in [7, 11) is 0. The second kappa shape index (κ2) is 9.32. The van der Waals surface area contributed by atoms with Crippen LogP contribution in [0.3, 0.4) is 0 Å². The number of imide groups is 1. The van der Waals surface area contributed by atoms with Crippen LogP contribution in [0.5, 0.6) is 0 Å². The van der Waals surface area contributed by atoms with Gasteiger partial charge in [0.1, 0.15) is 6.04 Å². The van der Waals surface area contributed by atoms with Gasteiger partial charge in [-0.15, -0.1) is 0 Å². The maximum atomic E-state index is 13.7. The maximum absolute atomic E-state index is 13.7. The van der Waals surface area contributed by atoms with E-state index in [2.05, 4.69) is 0 Å². The first-order chi connectivity index (χ1) is 14.6. The first-order valence-electron chi connectivity index (χ1n) is 11.8. The molecule has 1 saturated heterocycles. The summed E-state index contributed by atoms with van der Waals surface area (Å²) in [6.45, 7) is 1.98. The van der Waals surface area contributed by atoms with E-state index in [-0.39, 0.29) is 36.1 Å². The van der Waals surface area contributed by atoms with Gasteiger partial charge in [0.2, 0.25) is 11.8 Å². The lowest BCUT2D eigenvalue weighted by atomic mass is 9.87. The van der Waals surface area contributed by atoms with Gasteiger partial charge in [-0.2, -0.15) is 0 Å². The topological polar surface area (TPSA) is 57.7 Å². The van der Waals surface area contributed by atoms with Crippen LogP contribution in [0.4, 0.5) is 5.69 Å². The fraction of sp³-hybridized carbons (Fsp3) is 0.640. The fourth-order valence-electron chi connectivity index (χ4n) is 5.48. The lowest BCUT2D eigenvalue weighted by molar-refractivity contribution is -0.146. The van der Waals surface area contributed by atoms with E-state index < -0.39 is 6.04 Å². The SMILES string of the molecule is Cc1ccc(N2C(=O)CC(N(C(=O)C3CCCCC3)C3CCCCCC3)C2=O)cc1. The van der Waals surface area contributed by atoms with Crippen LogP contribution in [0.1, 0.15) is 82.6 Å². The van der Waals surface area contributed by atoms with Gasteiger partial charge in [-0.05, 0) is 44.7 Å². The van der Waals surface area contributed by atoms with Gasteiger partial charge in [0.25, 0.3) is 5.91 Å². The number of carbonyl (C=O) groups is 3. The summed E-state index contributed by atoms with van der Waals surface area (Å²) in [6.07, 6.45) is 11.8. The highest BCUT2D eigenvalue weighted by molar-refractivity contribution is 6.23. The van der Waals surface area contributed by atoms with Gasteiger partial charge in [0.15, 0.2) is 0 Å². The Labute approximate surface area is 179 Å². The number of aryl methyl sites for hydroxylation is 1. The van der Waals surface area contributed by atoms with E-state index in [1.165, 1.54) is 24.2 Å². The molecule has 0 bridgehead atoms. The lowest BCUT2D eigenvalue weighted by Gasteiger charge is -2.38. The first kappa shape index (κ1) is 21.1. The summed E-state index contributed by atoms with van der Waals surface area (Å²) in [6, 6.07) is 6.93. The Kier molecular flexibility index (Phi) is 6.55. The Balaban J connectivity index is 1.62. The van der Waals surface area contributed by atoms with Crippen LogP contribution in [0.2, 0.25) is 0 Å². The zero-order valence-corrected chi connectivity index (χ0v) is 18.1. The van der Waals surface area contributed by atoms with E-state index in [0.717, 1.165) is 56.9 Å². The first-order valence-corrected chi connectivity index (χ1v) is 11.8. The zero-order valence-electron chi connectivity index (χ0n) is 18.1. The summed E-state index contributed by atoms with van der Waals surface area (Å²) in [5.74, 6) is -0.280. The van der Waals surface area contributed by atoms with Gasteiger partial charge in [-0.25, -0.2) is 4.90 Å². The third-order valence-electron chi connectivity index (χ3n) is 7.18. The normalized spacial score (nSPS) is 24.2. The van der Waals surface area contributed by atoms with Gasteiger partial charge in [-0.3, -0.25) is 14.4 Å². The summed E-state index contributed by atoms with van der Waals surface area (Å²) in [5.41, 5.74) is 1.70. The van der Waals surface area contributed by atoms with Crippen molar-refractivity contribution in [1.29, 1.82) is 0 Å². The lowest BCUT2D eigenvalue weighted by Crippen LogP contribution is -2.52. The predicted octanol–water partition coefficient (Wildman–Crippen LogP) is 4.76. The van der Waals surface area contributed by atoms with Crippen molar-refractivity contribution in [1.82, 2.24) is 4.90 Å². The quantitative estimate of drug-likeness (QED) is 0.531. The van der Waals surface area contributed by atoms with Crippen LogP contribution in [0.15, 0.2) is 24.3 Å². The zero-order chi connectivity index (χ0) is 21.1. The molecule has 1 heterocycles. The van der Waals surface area contributed by atoms with Crippen LogP contribution < -0.4 is 4.90 Å². The molecule has 162 valence electrons. The number of rotatable bonds is 4. The molecular formula is C25H34N2O3. The minimum atomic E-state index is -0.642. The molecule has 3 fully saturated rings. The van der Waals surface area contributed by atoms with Gasteiger partial charge < -0.3 is 4.90 Å². The molecule has 0 aromatic heterocycles. The molecule has 3 amide bonds. The molecule has 5 nitrogen and oxygen atoms in total. The summed E-state index contributed by atoms with van der Waals surface area (Å²) in [4.78, 5) is 43.2. The molecule has 1 atom stereocenters. The van der Waals surface area contributed by atoms with E-state index in [4.69, 9.17) is 0 Å². The number of hydrogen-bond acceptors (Lipinski definition) is 3. The second-order valence-corrected chi connectivity index (χ2v) is 9.35. The predicted molar refractivity (Wildman–Crippen MR) is 117 cm³/mol. The van der Waals surface area contributed by atoms with Gasteiger partial charge in [-0.1, -0.05) is 62.6 Å². The smallest absolute Gasteiger partial charge is 0.257 e. The number of amides is 3. The van der Waals surface area contributed by atoms with E-state index in [0.29, 0.717) is 5.69 Å². The molecule has 1 aliphatic heterocycles. The number of nitrogens with zero attached hydrogens (tertiary/aromatic N) is 2. The molecule has 2 saturated carbocycles. The molecular weight excluding hydrogens is 376 g/mol. The van der Waals surface area contributed by atoms with E-state index >= 15 is 0 Å². The maximum Gasteiger partial charge on any atom is 0.257 e. The molecule has 2 aliphatic carbocycles. The van der Waals surface area contributed by atoms with Crippen LogP contribution >= 0.6 is 0 Å². The number of hydrogen-bond donors (Lipinski definition) is 0. The third-order valence-corrected chi connectivity index (χ3v) is 7.18. The van der Waals surface area contributed by atoms with Crippen LogP contribution in [-0.4, -0.2) is 34.7 Å². The van der Waals surface area contributed by atoms with Crippen molar-refractivity contribution in [2.24, 2.45) is 5.92 Å². The van der Waals surface area contributed by atoms with E-state index in [1.807, 2.05) is 36.1 Å². The van der Waals surface area contributed by atoms with Crippen molar-refractivity contribution in [2.45, 2.75) is 96.1 Å². The highest BCUT2D eigenvalue weighted by Crippen LogP contribution is 2.34. The van der Waals surface area contributed by atoms with Crippen molar-refractivity contribution < 1.29 is 14.4 Å². The minimum absolute atomic E-state index is 0.0123. The monoisotopic (exact) mass is 410 g/mol. The largest absolute Gasteiger partial charge is 0.327 e. The summed E-state index contributed by atoms with van der Waals surface area (Å²) >= 11 is 0. The Morgan fingerprint density at radius 1 is 0.867 bits per heavy atom. The standard InChI is InChI=1S/C25H34N2O3/c1-18-13-15-21(16-14-18)27-23(28)17-22(25(27)30)26(20-11-7-2-3-8-12-20)24(29)19-9-5-4-6-10-19/h13-16,19-20,22H,2-12,17H2,1H3. The van der Waals surface area contributed by atoms with Crippen LogP contribution in [-0.2, 0) is 14.4 Å². The second-order valence-electron chi connectivity index (χ2n) is 9.35. The van der Waals surface area contributed by atoms with Crippen LogP contribution in [0.25, 0.3) is 0 Å². The van der Waals surface area contributed by atoms with Crippen molar-refractivity contribution in [3.05, 3.63) is 29.8 Å². The average molecular weight is 411 g/mol. The van der Waals surface area contributed by atoms with Crippen molar-refractivity contribution in [3.63, 3.8) is 0 Å². The molecule has 1 aromatic rings. The molecule has 5 heteroatoms. The molecule has 3 aliphatic rings. The fourth-order valence-corrected chi connectivity index (χ4v) is 5.48. The molecule has 30 heavy (non-hydrogen) atoms. The average Bonchev–Trinajstić information content (AvgIpc) is 2.93. The number of benzene rings is 1. The summed E-state index contributed by atoms with van der Waals surface area (Å²) < 4.78 is 0. The Hall–Kier alpha value is -2.17. The van der Waals surface area contributed by atoms with Crippen LogP contribution in [0, 0.1) is 12.8 Å². The Morgan fingerprint density at radius 3 is 2.07 bits per heavy atom. The van der Waals surface area contributed by atoms with E-state index in [1.54, 1.807) is 0 Å². The molecule has 1 aromatic carbocycles. The Bertz CT molecular complexity index is 774. The Morgan fingerprint density at radius 2 is 1.43 bits per heavy atom. The van der Waals surface area contributed by atoms with Gasteiger partial charge in [0, 0.05) is 12.0 Å². The highest BCUT2D eigenvalue weighted by Gasteiger charge is 2.47. The molecule has 0 radical (unpaired) electrons. The molecule has 1 unspecified atom stereocenters. The van der Waals surface area contributed by atoms with Crippen molar-refractivity contribution >= 4 is 23.4 Å². The number of carbonyl (C=O) groups excluding carboxylic acids is 3. The van der Waals surface area contributed by atoms with E-state index in [9.17, 15) is 14.4 Å². The molecule has 0 N–H and O–H groups in total. The van der Waals surface area contributed by atoms with Gasteiger partial charge >= 0.3 is 0 Å². The summed E-state index contributed by atoms with van der Waals surface area (Å²) in [5, 5.41) is 0. The minimum Gasteiger partial charge on any atom is -0.327 e. The third kappa shape index (κ3) is 4.30. The highest BCUT2D eigenvalue weighted by atomic mass is 16.2. The molecule has 4 rings (SSSR count). The van der Waals surface area contributed by atoms with Gasteiger partial charge in [0.05, 0.1) is 12.1 Å². The number of anilines is 1. The van der Waals surface area contributed by atoms with Crippen molar-refractivity contribution in [2.75, 3.05) is 4.90 Å². The van der Waals surface area contributed by atoms with Crippen molar-refractivity contribution in [3.8, 4) is 0 Å².